The fourth-order valence-electron chi connectivity index (χ4n) is 1.97. The molecule has 148 valence electrons. The zero-order valence-electron chi connectivity index (χ0n) is 16.3. The maximum absolute atomic E-state index is 11.8. The highest BCUT2D eigenvalue weighted by molar-refractivity contribution is 14.0. The first-order valence-electron chi connectivity index (χ1n) is 8.58. The number of nitrogens with one attached hydrogen (secondary N) is 2. The van der Waals surface area contributed by atoms with Crippen molar-refractivity contribution in [1.82, 2.24) is 10.2 Å². The molecule has 0 saturated carbocycles. The normalized spacial score (nSPS) is 10.6. The minimum Gasteiger partial charge on any atom is -0.493 e. The number of anilines is 1. The number of guanidine groups is 1. The summed E-state index contributed by atoms with van der Waals surface area (Å²) in [6, 6.07) is 5.57. The number of unbranched alkanes of at least 4 members (excludes halogenated alkanes) is 1. The van der Waals surface area contributed by atoms with Gasteiger partial charge in [0.05, 0.1) is 13.7 Å². The van der Waals surface area contributed by atoms with E-state index in [-0.39, 0.29) is 36.4 Å². The van der Waals surface area contributed by atoms with Crippen molar-refractivity contribution in [3.63, 3.8) is 0 Å². The van der Waals surface area contributed by atoms with Gasteiger partial charge in [0, 0.05) is 32.4 Å². The van der Waals surface area contributed by atoms with E-state index in [0.717, 1.165) is 25.1 Å². The number of hydrogen-bond acceptors (Lipinski definition) is 4. The van der Waals surface area contributed by atoms with Crippen molar-refractivity contribution < 1.29 is 14.3 Å². The Morgan fingerprint density at radius 3 is 2.54 bits per heavy atom. The molecule has 1 aromatic rings. The van der Waals surface area contributed by atoms with E-state index >= 15 is 0 Å². The van der Waals surface area contributed by atoms with Gasteiger partial charge in [-0.3, -0.25) is 4.79 Å². The van der Waals surface area contributed by atoms with E-state index in [9.17, 15) is 4.79 Å². The Kier molecular flexibility index (Phi) is 12.6. The van der Waals surface area contributed by atoms with Gasteiger partial charge in [0.1, 0.15) is 6.54 Å². The zero-order chi connectivity index (χ0) is 18.7. The molecular weight excluding hydrogens is 447 g/mol. The van der Waals surface area contributed by atoms with Crippen LogP contribution in [0, 0.1) is 0 Å². The smallest absolute Gasteiger partial charge is 0.243 e. The summed E-state index contributed by atoms with van der Waals surface area (Å²) in [7, 11) is 5.04. The van der Waals surface area contributed by atoms with Gasteiger partial charge < -0.3 is 25.0 Å². The van der Waals surface area contributed by atoms with Crippen molar-refractivity contribution in [3.8, 4) is 11.5 Å². The quantitative estimate of drug-likeness (QED) is 0.247. The van der Waals surface area contributed by atoms with E-state index in [1.54, 1.807) is 21.2 Å². The van der Waals surface area contributed by atoms with Crippen LogP contribution in [0.5, 0.6) is 11.5 Å². The van der Waals surface area contributed by atoms with Crippen LogP contribution >= 0.6 is 24.0 Å². The van der Waals surface area contributed by atoms with Crippen molar-refractivity contribution in [2.45, 2.75) is 26.7 Å². The van der Waals surface area contributed by atoms with Gasteiger partial charge in [0.15, 0.2) is 17.5 Å². The molecule has 1 amide bonds. The number of halogens is 1. The Morgan fingerprint density at radius 1 is 1.23 bits per heavy atom. The van der Waals surface area contributed by atoms with Crippen molar-refractivity contribution in [3.05, 3.63) is 18.2 Å². The van der Waals surface area contributed by atoms with Crippen LogP contribution in [0.15, 0.2) is 23.2 Å². The number of likely N-dealkylation sites (N-methyl/N-ethyl adjacent to an activating group) is 1. The third-order valence-electron chi connectivity index (χ3n) is 3.42. The topological polar surface area (TPSA) is 75.2 Å². The summed E-state index contributed by atoms with van der Waals surface area (Å²) in [5, 5.41) is 6.45. The van der Waals surface area contributed by atoms with Gasteiger partial charge in [0.2, 0.25) is 5.91 Å². The summed E-state index contributed by atoms with van der Waals surface area (Å²) in [5.74, 6) is 1.84. The minimum absolute atomic E-state index is 0. The van der Waals surface area contributed by atoms with Gasteiger partial charge in [0.25, 0.3) is 0 Å². The van der Waals surface area contributed by atoms with Gasteiger partial charge in [-0.05, 0) is 25.5 Å². The lowest BCUT2D eigenvalue weighted by Gasteiger charge is -2.15. The summed E-state index contributed by atoms with van der Waals surface area (Å²) in [4.78, 5) is 17.7. The van der Waals surface area contributed by atoms with E-state index in [1.165, 1.54) is 4.90 Å². The third-order valence-corrected chi connectivity index (χ3v) is 3.42. The van der Waals surface area contributed by atoms with Crippen molar-refractivity contribution >= 4 is 41.5 Å². The van der Waals surface area contributed by atoms with Crippen molar-refractivity contribution in [2.24, 2.45) is 4.99 Å². The molecule has 0 atom stereocenters. The summed E-state index contributed by atoms with van der Waals surface area (Å²) < 4.78 is 10.9. The molecule has 0 radical (unpaired) electrons. The van der Waals surface area contributed by atoms with Gasteiger partial charge in [-0.2, -0.15) is 0 Å². The number of amides is 1. The van der Waals surface area contributed by atoms with Crippen LogP contribution in [0.4, 0.5) is 5.69 Å². The Morgan fingerprint density at radius 2 is 1.96 bits per heavy atom. The molecule has 0 aliphatic carbocycles. The van der Waals surface area contributed by atoms with Gasteiger partial charge in [-0.15, -0.1) is 24.0 Å². The standard InChI is InChI=1S/C18H30N4O3.HI/c1-6-8-11-19-18(20-13-17(23)22(3)4)21-14-9-10-15(24-5)16(12-14)25-7-2;/h9-10,12H,6-8,11,13H2,1-5H3,(H2,19,20,21);1H. The number of carbonyl (C=O) groups excluding carboxylic acids is 1. The molecule has 0 unspecified atom stereocenters. The highest BCUT2D eigenvalue weighted by atomic mass is 127. The Hall–Kier alpha value is -1.71. The molecule has 1 rings (SSSR count). The molecule has 0 saturated heterocycles. The highest BCUT2D eigenvalue weighted by Crippen LogP contribution is 2.30. The second-order valence-corrected chi connectivity index (χ2v) is 5.66. The first-order valence-corrected chi connectivity index (χ1v) is 8.58. The molecular formula is C18H31IN4O3. The number of hydrogen-bond donors (Lipinski definition) is 2. The molecule has 0 aliphatic rings. The Bertz CT molecular complexity index is 580. The first-order chi connectivity index (χ1) is 12.0. The minimum atomic E-state index is -0.0543. The number of nitrogens with zero attached hydrogens (tertiary/aromatic N) is 2. The number of carbonyl (C=O) groups is 1. The van der Waals surface area contributed by atoms with Crippen LogP contribution in [0.2, 0.25) is 0 Å². The highest BCUT2D eigenvalue weighted by Gasteiger charge is 2.08. The molecule has 26 heavy (non-hydrogen) atoms. The molecule has 0 spiro atoms. The summed E-state index contributed by atoms with van der Waals surface area (Å²) in [5.41, 5.74) is 0.810. The zero-order valence-corrected chi connectivity index (χ0v) is 18.6. The fraction of sp³-hybridized carbons (Fsp3) is 0.556. The molecule has 1 aromatic carbocycles. The summed E-state index contributed by atoms with van der Waals surface area (Å²) >= 11 is 0. The second-order valence-electron chi connectivity index (χ2n) is 5.66. The van der Waals surface area contributed by atoms with Crippen LogP contribution in [-0.2, 0) is 4.79 Å². The molecule has 0 aliphatic heterocycles. The molecule has 0 bridgehead atoms. The van der Waals surface area contributed by atoms with Crippen LogP contribution < -0.4 is 20.1 Å². The lowest BCUT2D eigenvalue weighted by molar-refractivity contribution is -0.127. The average molecular weight is 478 g/mol. The fourth-order valence-corrected chi connectivity index (χ4v) is 1.97. The van der Waals surface area contributed by atoms with Gasteiger partial charge in [-0.1, -0.05) is 13.3 Å². The van der Waals surface area contributed by atoms with Crippen molar-refractivity contribution in [1.29, 1.82) is 0 Å². The number of ether oxygens (including phenoxy) is 2. The molecule has 8 heteroatoms. The molecule has 0 aromatic heterocycles. The average Bonchev–Trinajstić information content (AvgIpc) is 2.59. The SMILES string of the molecule is CCCCNC(=NCC(=O)N(C)C)Nc1ccc(OC)c(OCC)c1.I. The molecule has 2 N–H and O–H groups in total. The van der Waals surface area contributed by atoms with Crippen LogP contribution in [0.1, 0.15) is 26.7 Å². The predicted molar refractivity (Wildman–Crippen MR) is 117 cm³/mol. The maximum Gasteiger partial charge on any atom is 0.243 e. The third kappa shape index (κ3) is 8.59. The number of rotatable bonds is 9. The predicted octanol–water partition coefficient (Wildman–Crippen LogP) is 2.96. The molecule has 0 fully saturated rings. The monoisotopic (exact) mass is 478 g/mol. The summed E-state index contributed by atoms with van der Waals surface area (Å²) in [6.45, 7) is 5.47. The van der Waals surface area contributed by atoms with E-state index in [2.05, 4.69) is 22.5 Å². The van der Waals surface area contributed by atoms with E-state index in [0.29, 0.717) is 24.1 Å². The van der Waals surface area contributed by atoms with E-state index in [1.807, 2.05) is 25.1 Å². The first kappa shape index (κ1) is 24.3. The van der Waals surface area contributed by atoms with Crippen molar-refractivity contribution in [2.75, 3.05) is 46.2 Å². The summed E-state index contributed by atoms with van der Waals surface area (Å²) in [6.07, 6.45) is 2.10. The lowest BCUT2D eigenvalue weighted by atomic mass is 10.2. The second kappa shape index (κ2) is 13.5. The van der Waals surface area contributed by atoms with Gasteiger partial charge >= 0.3 is 0 Å². The van der Waals surface area contributed by atoms with E-state index < -0.39 is 0 Å². The molecule has 0 heterocycles. The van der Waals surface area contributed by atoms with Crippen LogP contribution in [0.3, 0.4) is 0 Å². The largest absolute Gasteiger partial charge is 0.493 e. The van der Waals surface area contributed by atoms with Crippen LogP contribution in [0.25, 0.3) is 0 Å². The number of aliphatic imine (C=N–C) groups is 1. The number of benzene rings is 1. The Labute approximate surface area is 173 Å². The Balaban J connectivity index is 0.00000625. The van der Waals surface area contributed by atoms with Crippen LogP contribution in [-0.4, -0.2) is 57.7 Å². The maximum atomic E-state index is 11.8. The number of methoxy groups -OCH3 is 1. The van der Waals surface area contributed by atoms with E-state index in [4.69, 9.17) is 9.47 Å². The van der Waals surface area contributed by atoms with Gasteiger partial charge in [-0.25, -0.2) is 4.99 Å². The molecule has 7 nitrogen and oxygen atoms in total. The lowest BCUT2D eigenvalue weighted by Crippen LogP contribution is -2.33.